The van der Waals surface area contributed by atoms with Gasteiger partial charge in [0.2, 0.25) is 0 Å². The number of fused-ring (bicyclic) bond motifs is 1. The third-order valence-electron chi connectivity index (χ3n) is 5.64. The lowest BCUT2D eigenvalue weighted by molar-refractivity contribution is 0.428. The van der Waals surface area contributed by atoms with Crippen molar-refractivity contribution in [2.24, 2.45) is 12.0 Å². The molecular formula is C19H28N6. The van der Waals surface area contributed by atoms with Crippen molar-refractivity contribution in [2.75, 3.05) is 18.5 Å². The number of aliphatic imine (C=N–C) groups is 1. The molecule has 0 saturated carbocycles. The molecule has 2 aromatic rings. The van der Waals surface area contributed by atoms with E-state index in [9.17, 15) is 0 Å². The van der Waals surface area contributed by atoms with Gasteiger partial charge in [0.25, 0.3) is 0 Å². The molecule has 0 fully saturated rings. The Morgan fingerprint density at radius 2 is 1.96 bits per heavy atom. The summed E-state index contributed by atoms with van der Waals surface area (Å²) in [6, 6.07) is 8.71. The Kier molecular flexibility index (Phi) is 4.79. The standard InChI is InChI=1S/C19H28N6/c1-6-19(7-2)13-25(16-11-9-8-10-15(16)19)18(20-4)21-12-17-23-22-14(3)24(17)5/h8-11H,6-7,12-13H2,1-5H3,(H,20,21). The minimum absolute atomic E-state index is 0.190. The molecule has 0 radical (unpaired) electrons. The van der Waals surface area contributed by atoms with Gasteiger partial charge in [0.05, 0.1) is 6.54 Å². The molecule has 0 atom stereocenters. The van der Waals surface area contributed by atoms with Crippen molar-refractivity contribution in [3.8, 4) is 0 Å². The molecule has 1 aromatic heterocycles. The number of guanidine groups is 1. The summed E-state index contributed by atoms with van der Waals surface area (Å²) >= 11 is 0. The molecule has 1 N–H and O–H groups in total. The quantitative estimate of drug-likeness (QED) is 0.687. The van der Waals surface area contributed by atoms with Gasteiger partial charge in [0, 0.05) is 31.7 Å². The zero-order valence-electron chi connectivity index (χ0n) is 15.9. The lowest BCUT2D eigenvalue weighted by Crippen LogP contribution is -2.43. The number of para-hydroxylation sites is 1. The van der Waals surface area contributed by atoms with Gasteiger partial charge in [0.1, 0.15) is 5.82 Å². The number of hydrogen-bond donors (Lipinski definition) is 1. The van der Waals surface area contributed by atoms with Gasteiger partial charge >= 0.3 is 0 Å². The number of nitrogens with zero attached hydrogens (tertiary/aromatic N) is 5. The number of anilines is 1. The monoisotopic (exact) mass is 340 g/mol. The Hall–Kier alpha value is -2.37. The van der Waals surface area contributed by atoms with E-state index in [1.807, 2.05) is 25.6 Å². The number of aryl methyl sites for hydroxylation is 1. The second kappa shape index (κ2) is 6.86. The van der Waals surface area contributed by atoms with E-state index in [0.717, 1.165) is 37.0 Å². The van der Waals surface area contributed by atoms with E-state index in [1.54, 1.807) is 0 Å². The first kappa shape index (κ1) is 17.5. The van der Waals surface area contributed by atoms with Crippen molar-refractivity contribution in [3.63, 3.8) is 0 Å². The molecule has 3 rings (SSSR count). The highest BCUT2D eigenvalue weighted by molar-refractivity contribution is 5.98. The van der Waals surface area contributed by atoms with Crippen LogP contribution in [0.1, 0.15) is 43.9 Å². The first-order valence-corrected chi connectivity index (χ1v) is 8.99. The first-order chi connectivity index (χ1) is 12.1. The van der Waals surface area contributed by atoms with Crippen molar-refractivity contribution in [1.82, 2.24) is 20.1 Å². The topological polar surface area (TPSA) is 58.3 Å². The molecule has 1 aliphatic rings. The van der Waals surface area contributed by atoms with Crippen molar-refractivity contribution >= 4 is 11.6 Å². The van der Waals surface area contributed by atoms with Crippen LogP contribution in [0.2, 0.25) is 0 Å². The van der Waals surface area contributed by atoms with E-state index in [-0.39, 0.29) is 5.41 Å². The maximum Gasteiger partial charge on any atom is 0.198 e. The summed E-state index contributed by atoms with van der Waals surface area (Å²) in [6.07, 6.45) is 2.24. The van der Waals surface area contributed by atoms with Gasteiger partial charge in [-0.25, -0.2) is 0 Å². The fourth-order valence-corrected chi connectivity index (χ4v) is 3.73. The SMILES string of the molecule is CCC1(CC)CN(C(=NC)NCc2nnc(C)n2C)c2ccccc21. The van der Waals surface area contributed by atoms with Gasteiger partial charge in [-0.3, -0.25) is 4.99 Å². The zero-order chi connectivity index (χ0) is 18.0. The third-order valence-corrected chi connectivity index (χ3v) is 5.64. The Labute approximate surface area is 150 Å². The fourth-order valence-electron chi connectivity index (χ4n) is 3.73. The lowest BCUT2D eigenvalue weighted by atomic mass is 9.78. The van der Waals surface area contributed by atoms with E-state index in [4.69, 9.17) is 0 Å². The number of hydrogen-bond acceptors (Lipinski definition) is 3. The Bertz CT molecular complexity index is 772. The van der Waals surface area contributed by atoms with Crippen LogP contribution >= 0.6 is 0 Å². The number of rotatable bonds is 4. The van der Waals surface area contributed by atoms with E-state index >= 15 is 0 Å². The van der Waals surface area contributed by atoms with Crippen molar-refractivity contribution in [3.05, 3.63) is 41.5 Å². The molecule has 0 bridgehead atoms. The molecule has 25 heavy (non-hydrogen) atoms. The van der Waals surface area contributed by atoms with Gasteiger partial charge < -0.3 is 14.8 Å². The summed E-state index contributed by atoms with van der Waals surface area (Å²) in [5.74, 6) is 2.70. The van der Waals surface area contributed by atoms with E-state index in [2.05, 4.69) is 63.5 Å². The van der Waals surface area contributed by atoms with Crippen LogP contribution in [0.15, 0.2) is 29.3 Å². The van der Waals surface area contributed by atoms with Crippen LogP contribution in [-0.2, 0) is 19.0 Å². The van der Waals surface area contributed by atoms with Gasteiger partial charge in [-0.05, 0) is 31.4 Å². The third kappa shape index (κ3) is 2.90. The van der Waals surface area contributed by atoms with Crippen LogP contribution in [0, 0.1) is 6.92 Å². The normalized spacial score (nSPS) is 16.2. The van der Waals surface area contributed by atoms with Gasteiger partial charge in [-0.15, -0.1) is 10.2 Å². The summed E-state index contributed by atoms with van der Waals surface area (Å²) in [6.45, 7) is 8.08. The molecule has 134 valence electrons. The van der Waals surface area contributed by atoms with Gasteiger partial charge in [-0.2, -0.15) is 0 Å². The maximum absolute atomic E-state index is 4.53. The number of aromatic nitrogens is 3. The molecule has 0 aliphatic carbocycles. The molecule has 0 saturated heterocycles. The fraction of sp³-hybridized carbons (Fsp3) is 0.526. The smallest absolute Gasteiger partial charge is 0.198 e. The summed E-state index contributed by atoms with van der Waals surface area (Å²) < 4.78 is 2.00. The molecule has 1 aliphatic heterocycles. The molecule has 2 heterocycles. The van der Waals surface area contributed by atoms with Gasteiger partial charge in [-0.1, -0.05) is 32.0 Å². The first-order valence-electron chi connectivity index (χ1n) is 8.99. The minimum atomic E-state index is 0.190. The predicted molar refractivity (Wildman–Crippen MR) is 102 cm³/mol. The highest BCUT2D eigenvalue weighted by atomic mass is 15.3. The summed E-state index contributed by atoms with van der Waals surface area (Å²) in [5.41, 5.74) is 2.88. The van der Waals surface area contributed by atoms with E-state index < -0.39 is 0 Å². The zero-order valence-corrected chi connectivity index (χ0v) is 15.9. The summed E-state index contributed by atoms with van der Waals surface area (Å²) in [7, 11) is 3.82. The van der Waals surface area contributed by atoms with E-state index in [1.165, 1.54) is 11.3 Å². The van der Waals surface area contributed by atoms with Crippen molar-refractivity contribution in [1.29, 1.82) is 0 Å². The summed E-state index contributed by atoms with van der Waals surface area (Å²) in [4.78, 5) is 6.84. The molecule has 6 nitrogen and oxygen atoms in total. The molecule has 0 unspecified atom stereocenters. The van der Waals surface area contributed by atoms with Crippen LogP contribution in [-0.4, -0.2) is 34.3 Å². The molecule has 1 aromatic carbocycles. The maximum atomic E-state index is 4.53. The average molecular weight is 340 g/mol. The Morgan fingerprint density at radius 3 is 2.56 bits per heavy atom. The molecule has 0 amide bonds. The van der Waals surface area contributed by atoms with Crippen molar-refractivity contribution in [2.45, 2.75) is 45.6 Å². The predicted octanol–water partition coefficient (Wildman–Crippen LogP) is 2.78. The summed E-state index contributed by atoms with van der Waals surface area (Å²) in [5, 5.41) is 11.8. The van der Waals surface area contributed by atoms with Crippen LogP contribution < -0.4 is 10.2 Å². The van der Waals surface area contributed by atoms with Gasteiger partial charge in [0.15, 0.2) is 11.8 Å². The Morgan fingerprint density at radius 1 is 1.24 bits per heavy atom. The minimum Gasteiger partial charge on any atom is -0.349 e. The Balaban J connectivity index is 1.86. The lowest BCUT2D eigenvalue weighted by Gasteiger charge is -2.28. The number of benzene rings is 1. The molecule has 6 heteroatoms. The second-order valence-corrected chi connectivity index (χ2v) is 6.71. The van der Waals surface area contributed by atoms with Crippen molar-refractivity contribution < 1.29 is 0 Å². The highest BCUT2D eigenvalue weighted by Crippen LogP contribution is 2.44. The number of nitrogens with one attached hydrogen (secondary N) is 1. The molecule has 0 spiro atoms. The molecular weight excluding hydrogens is 312 g/mol. The van der Waals surface area contributed by atoms with Crippen LogP contribution in [0.3, 0.4) is 0 Å². The van der Waals surface area contributed by atoms with Crippen LogP contribution in [0.25, 0.3) is 0 Å². The van der Waals surface area contributed by atoms with E-state index in [0.29, 0.717) is 6.54 Å². The second-order valence-electron chi connectivity index (χ2n) is 6.71. The van der Waals surface area contributed by atoms with Crippen LogP contribution in [0.5, 0.6) is 0 Å². The highest BCUT2D eigenvalue weighted by Gasteiger charge is 2.41. The largest absolute Gasteiger partial charge is 0.349 e. The van der Waals surface area contributed by atoms with Crippen LogP contribution in [0.4, 0.5) is 5.69 Å². The average Bonchev–Trinajstić information content (AvgIpc) is 3.15.